The highest BCUT2D eigenvalue weighted by Crippen LogP contribution is 2.29. The number of rotatable bonds is 6. The predicted octanol–water partition coefficient (Wildman–Crippen LogP) is 2.27. The van der Waals surface area contributed by atoms with Crippen LogP contribution in [0.25, 0.3) is 0 Å². The van der Waals surface area contributed by atoms with E-state index in [4.69, 9.17) is 4.74 Å². The molecule has 2 unspecified atom stereocenters. The van der Waals surface area contributed by atoms with E-state index < -0.39 is 0 Å². The number of ether oxygens (including phenoxy) is 1. The van der Waals surface area contributed by atoms with E-state index in [1.54, 1.807) is 0 Å². The Morgan fingerprint density at radius 2 is 2.14 bits per heavy atom. The summed E-state index contributed by atoms with van der Waals surface area (Å²) in [7, 11) is 0. The average Bonchev–Trinajstić information content (AvgIpc) is 2.97. The van der Waals surface area contributed by atoms with E-state index in [9.17, 15) is 4.79 Å². The molecule has 21 heavy (non-hydrogen) atoms. The number of carbonyl (C=O) groups excluding carboxylic acids is 1. The van der Waals surface area contributed by atoms with E-state index in [1.165, 1.54) is 5.56 Å². The van der Waals surface area contributed by atoms with Crippen LogP contribution in [0.5, 0.6) is 5.75 Å². The third kappa shape index (κ3) is 3.97. The average molecular weight is 290 g/mol. The fourth-order valence-corrected chi connectivity index (χ4v) is 2.67. The molecule has 1 aliphatic heterocycles. The molecule has 116 valence electrons. The molecule has 4 nitrogen and oxygen atoms in total. The van der Waals surface area contributed by atoms with E-state index in [-0.39, 0.29) is 17.4 Å². The minimum absolute atomic E-state index is 0.00262. The minimum atomic E-state index is -0.238. The van der Waals surface area contributed by atoms with Crippen molar-refractivity contribution in [1.29, 1.82) is 0 Å². The van der Waals surface area contributed by atoms with Crippen molar-refractivity contribution in [1.82, 2.24) is 10.6 Å². The summed E-state index contributed by atoms with van der Waals surface area (Å²) in [4.78, 5) is 12.5. The first-order chi connectivity index (χ1) is 10.1. The fraction of sp³-hybridized carbons (Fsp3) is 0.588. The first-order valence-electron chi connectivity index (χ1n) is 7.77. The molecule has 2 rings (SSSR count). The van der Waals surface area contributed by atoms with Gasteiger partial charge in [0.15, 0.2) is 0 Å². The maximum Gasteiger partial charge on any atom is 0.227 e. The molecule has 2 N–H and O–H groups in total. The Bertz CT molecular complexity index is 464. The number of benzene rings is 1. The highest BCUT2D eigenvalue weighted by Gasteiger charge is 2.39. The van der Waals surface area contributed by atoms with Crippen molar-refractivity contribution in [2.24, 2.45) is 5.41 Å². The van der Waals surface area contributed by atoms with Gasteiger partial charge in [0.1, 0.15) is 12.4 Å². The summed E-state index contributed by atoms with van der Waals surface area (Å²) in [5.41, 5.74) is 0.973. The van der Waals surface area contributed by atoms with Crippen LogP contribution in [0, 0.1) is 12.3 Å². The first kappa shape index (κ1) is 15.8. The second-order valence-electron chi connectivity index (χ2n) is 6.06. The first-order valence-corrected chi connectivity index (χ1v) is 7.77. The third-order valence-corrected chi connectivity index (χ3v) is 4.30. The standard InChI is InChI=1S/C17H26N2O2/c1-4-17(9-10-18-12-17)16(20)19-14(3)11-21-15-7-5-13(2)6-8-15/h5-8,14,18H,4,9-12H2,1-3H3,(H,19,20). The molecular weight excluding hydrogens is 264 g/mol. The molecule has 0 spiro atoms. The lowest BCUT2D eigenvalue weighted by atomic mass is 9.83. The second-order valence-corrected chi connectivity index (χ2v) is 6.06. The molecule has 1 aromatic carbocycles. The van der Waals surface area contributed by atoms with E-state index in [1.807, 2.05) is 38.1 Å². The van der Waals surface area contributed by atoms with Gasteiger partial charge in [-0.2, -0.15) is 0 Å². The van der Waals surface area contributed by atoms with Gasteiger partial charge in [0.2, 0.25) is 5.91 Å². The molecule has 1 fully saturated rings. The summed E-state index contributed by atoms with van der Waals surface area (Å²) in [6, 6.07) is 7.96. The van der Waals surface area contributed by atoms with Crippen LogP contribution >= 0.6 is 0 Å². The number of hydrogen-bond acceptors (Lipinski definition) is 3. The van der Waals surface area contributed by atoms with Gasteiger partial charge in [-0.3, -0.25) is 4.79 Å². The van der Waals surface area contributed by atoms with E-state index in [2.05, 4.69) is 17.6 Å². The molecule has 0 aromatic heterocycles. The third-order valence-electron chi connectivity index (χ3n) is 4.30. The van der Waals surface area contributed by atoms with Crippen molar-refractivity contribution in [3.05, 3.63) is 29.8 Å². The zero-order valence-electron chi connectivity index (χ0n) is 13.2. The van der Waals surface area contributed by atoms with Crippen LogP contribution in [0.15, 0.2) is 24.3 Å². The molecule has 2 atom stereocenters. The summed E-state index contributed by atoms with van der Waals surface area (Å²) >= 11 is 0. The fourth-order valence-electron chi connectivity index (χ4n) is 2.67. The van der Waals surface area contributed by atoms with Crippen LogP contribution in [0.1, 0.15) is 32.3 Å². The molecule has 1 saturated heterocycles. The number of aryl methyl sites for hydroxylation is 1. The summed E-state index contributed by atoms with van der Waals surface area (Å²) in [6.07, 6.45) is 1.79. The monoisotopic (exact) mass is 290 g/mol. The van der Waals surface area contributed by atoms with Crippen LogP contribution in [0.3, 0.4) is 0 Å². The van der Waals surface area contributed by atoms with Crippen LogP contribution in [0.4, 0.5) is 0 Å². The summed E-state index contributed by atoms with van der Waals surface area (Å²) in [5.74, 6) is 0.990. The normalized spacial score (nSPS) is 22.8. The molecule has 0 aliphatic carbocycles. The topological polar surface area (TPSA) is 50.4 Å². The Kier molecular flexibility index (Phi) is 5.23. The highest BCUT2D eigenvalue weighted by atomic mass is 16.5. The molecule has 1 heterocycles. The van der Waals surface area contributed by atoms with E-state index in [0.29, 0.717) is 6.61 Å². The lowest BCUT2D eigenvalue weighted by molar-refractivity contribution is -0.131. The van der Waals surface area contributed by atoms with Crippen LogP contribution in [-0.2, 0) is 4.79 Å². The largest absolute Gasteiger partial charge is 0.491 e. The Balaban J connectivity index is 1.82. The van der Waals surface area contributed by atoms with Gasteiger partial charge in [-0.05, 0) is 45.4 Å². The second kappa shape index (κ2) is 6.94. The van der Waals surface area contributed by atoms with Gasteiger partial charge < -0.3 is 15.4 Å². The van der Waals surface area contributed by atoms with Crippen molar-refractivity contribution in [2.75, 3.05) is 19.7 Å². The molecule has 4 heteroatoms. The van der Waals surface area contributed by atoms with Gasteiger partial charge >= 0.3 is 0 Å². The van der Waals surface area contributed by atoms with E-state index >= 15 is 0 Å². The van der Waals surface area contributed by atoms with Gasteiger partial charge in [0.05, 0.1) is 11.5 Å². The maximum absolute atomic E-state index is 12.5. The van der Waals surface area contributed by atoms with Crippen molar-refractivity contribution in [2.45, 2.75) is 39.7 Å². The molecule has 0 radical (unpaired) electrons. The van der Waals surface area contributed by atoms with Crippen molar-refractivity contribution >= 4 is 5.91 Å². The van der Waals surface area contributed by atoms with Crippen molar-refractivity contribution < 1.29 is 9.53 Å². The van der Waals surface area contributed by atoms with Gasteiger partial charge in [0.25, 0.3) is 0 Å². The number of nitrogens with one attached hydrogen (secondary N) is 2. The smallest absolute Gasteiger partial charge is 0.227 e. The van der Waals surface area contributed by atoms with E-state index in [0.717, 1.165) is 31.7 Å². The van der Waals surface area contributed by atoms with Gasteiger partial charge in [-0.15, -0.1) is 0 Å². The van der Waals surface area contributed by atoms with Crippen LogP contribution in [0.2, 0.25) is 0 Å². The SMILES string of the molecule is CCC1(C(=O)NC(C)COc2ccc(C)cc2)CCNC1. The Hall–Kier alpha value is -1.55. The summed E-state index contributed by atoms with van der Waals surface area (Å²) in [5, 5.41) is 6.38. The van der Waals surface area contributed by atoms with Crippen LogP contribution in [-0.4, -0.2) is 31.6 Å². The molecule has 1 amide bonds. The van der Waals surface area contributed by atoms with Gasteiger partial charge in [-0.25, -0.2) is 0 Å². The number of amides is 1. The molecule has 1 aromatic rings. The van der Waals surface area contributed by atoms with Crippen molar-refractivity contribution in [3.8, 4) is 5.75 Å². The molecular formula is C17H26N2O2. The molecule has 0 bridgehead atoms. The Morgan fingerprint density at radius 1 is 1.43 bits per heavy atom. The highest BCUT2D eigenvalue weighted by molar-refractivity contribution is 5.83. The van der Waals surface area contributed by atoms with Gasteiger partial charge in [0, 0.05) is 6.54 Å². The zero-order valence-corrected chi connectivity index (χ0v) is 13.2. The quantitative estimate of drug-likeness (QED) is 0.845. The Labute approximate surface area is 127 Å². The Morgan fingerprint density at radius 3 is 2.71 bits per heavy atom. The van der Waals surface area contributed by atoms with Gasteiger partial charge in [-0.1, -0.05) is 24.6 Å². The molecule has 0 saturated carbocycles. The number of carbonyl (C=O) groups is 1. The minimum Gasteiger partial charge on any atom is -0.491 e. The lowest BCUT2D eigenvalue weighted by Gasteiger charge is -2.27. The zero-order chi connectivity index (χ0) is 15.3. The number of hydrogen-bond donors (Lipinski definition) is 2. The lowest BCUT2D eigenvalue weighted by Crippen LogP contribution is -2.47. The van der Waals surface area contributed by atoms with Crippen LogP contribution < -0.4 is 15.4 Å². The summed E-state index contributed by atoms with van der Waals surface area (Å²) < 4.78 is 5.72. The summed E-state index contributed by atoms with van der Waals surface area (Å²) in [6.45, 7) is 8.31. The van der Waals surface area contributed by atoms with Crippen molar-refractivity contribution in [3.63, 3.8) is 0 Å². The molecule has 1 aliphatic rings. The predicted molar refractivity (Wildman–Crippen MR) is 84.5 cm³/mol. The maximum atomic E-state index is 12.5.